The van der Waals surface area contributed by atoms with Crippen LogP contribution in [0, 0.1) is 0 Å². The summed E-state index contributed by atoms with van der Waals surface area (Å²) in [6.07, 6.45) is 2.74. The van der Waals surface area contributed by atoms with Crippen molar-refractivity contribution in [2.24, 2.45) is 0 Å². The molecule has 0 aromatic heterocycles. The normalized spacial score (nSPS) is 12.5. The van der Waals surface area contributed by atoms with E-state index in [9.17, 15) is 4.79 Å². The van der Waals surface area contributed by atoms with Crippen LogP contribution in [0.25, 0.3) is 0 Å². The van der Waals surface area contributed by atoms with Crippen LogP contribution in [-0.4, -0.2) is 38.9 Å². The molecule has 1 atom stereocenters. The van der Waals surface area contributed by atoms with Crippen molar-refractivity contribution in [3.63, 3.8) is 0 Å². The largest absolute Gasteiger partial charge is 0.381 e. The van der Waals surface area contributed by atoms with Crippen molar-refractivity contribution in [3.05, 3.63) is 0 Å². The number of hydrogen-bond donors (Lipinski definition) is 1. The van der Waals surface area contributed by atoms with Gasteiger partial charge < -0.3 is 14.8 Å². The van der Waals surface area contributed by atoms with Crippen molar-refractivity contribution in [1.82, 2.24) is 5.32 Å². The van der Waals surface area contributed by atoms with Crippen molar-refractivity contribution in [3.8, 4) is 0 Å². The minimum Gasteiger partial charge on any atom is -0.381 e. The molecule has 15 heavy (non-hydrogen) atoms. The Bertz CT molecular complexity index is 162. The Balaban J connectivity index is 3.20. The van der Waals surface area contributed by atoms with Crippen LogP contribution in [0.15, 0.2) is 0 Å². The number of amides is 1. The molecule has 0 saturated heterocycles. The second-order valence-electron chi connectivity index (χ2n) is 3.49. The van der Waals surface area contributed by atoms with E-state index in [1.54, 1.807) is 6.92 Å². The van der Waals surface area contributed by atoms with Gasteiger partial charge in [0.2, 0.25) is 5.91 Å². The highest BCUT2D eigenvalue weighted by molar-refractivity contribution is 5.80. The number of unbranched alkanes of at least 4 members (excludes halogenated alkanes) is 1. The van der Waals surface area contributed by atoms with Crippen LogP contribution < -0.4 is 5.32 Å². The molecule has 4 nitrogen and oxygen atoms in total. The predicted molar refractivity (Wildman–Crippen MR) is 59.8 cm³/mol. The van der Waals surface area contributed by atoms with Crippen molar-refractivity contribution >= 4 is 5.91 Å². The third kappa shape index (κ3) is 8.39. The van der Waals surface area contributed by atoms with E-state index in [2.05, 4.69) is 12.2 Å². The smallest absolute Gasteiger partial charge is 0.248 e. The molecule has 0 aliphatic rings. The van der Waals surface area contributed by atoms with Crippen molar-refractivity contribution in [1.29, 1.82) is 0 Å². The van der Waals surface area contributed by atoms with Gasteiger partial charge in [0.05, 0.1) is 0 Å². The molecule has 90 valence electrons. The van der Waals surface area contributed by atoms with Gasteiger partial charge in [-0.25, -0.2) is 0 Å². The van der Waals surface area contributed by atoms with Crippen LogP contribution in [-0.2, 0) is 14.3 Å². The highest BCUT2D eigenvalue weighted by Crippen LogP contribution is 1.90. The third-order valence-electron chi connectivity index (χ3n) is 2.13. The fourth-order valence-electron chi connectivity index (χ4n) is 0.985. The Morgan fingerprint density at radius 1 is 1.33 bits per heavy atom. The van der Waals surface area contributed by atoms with Gasteiger partial charge in [0, 0.05) is 26.9 Å². The molecule has 0 heterocycles. The maximum atomic E-state index is 11.2. The summed E-state index contributed by atoms with van der Waals surface area (Å²) >= 11 is 0. The summed E-state index contributed by atoms with van der Waals surface area (Å²) in [5.41, 5.74) is 0. The molecule has 0 fully saturated rings. The van der Waals surface area contributed by atoms with Gasteiger partial charge in [-0.05, 0) is 19.8 Å². The van der Waals surface area contributed by atoms with Crippen LogP contribution in [0.4, 0.5) is 0 Å². The fraction of sp³-hybridized carbons (Fsp3) is 0.909. The molecule has 1 amide bonds. The van der Waals surface area contributed by atoms with E-state index in [1.807, 2.05) is 0 Å². The Morgan fingerprint density at radius 3 is 2.60 bits per heavy atom. The summed E-state index contributed by atoms with van der Waals surface area (Å²) in [7, 11) is 1.53. The number of ether oxygens (including phenoxy) is 2. The van der Waals surface area contributed by atoms with E-state index >= 15 is 0 Å². The lowest BCUT2D eigenvalue weighted by molar-refractivity contribution is -0.130. The zero-order valence-electron chi connectivity index (χ0n) is 10.0. The Morgan fingerprint density at radius 2 is 2.00 bits per heavy atom. The summed E-state index contributed by atoms with van der Waals surface area (Å²) in [6, 6.07) is 0. The third-order valence-corrected chi connectivity index (χ3v) is 2.13. The van der Waals surface area contributed by atoms with E-state index < -0.39 is 0 Å². The molecule has 4 heteroatoms. The van der Waals surface area contributed by atoms with E-state index in [0.717, 1.165) is 25.9 Å². The monoisotopic (exact) mass is 217 g/mol. The van der Waals surface area contributed by atoms with Gasteiger partial charge in [-0.1, -0.05) is 13.3 Å². The van der Waals surface area contributed by atoms with Crippen molar-refractivity contribution in [2.45, 2.75) is 39.2 Å². The zero-order valence-corrected chi connectivity index (χ0v) is 10.0. The molecule has 0 bridgehead atoms. The quantitative estimate of drug-likeness (QED) is 0.593. The first-order chi connectivity index (χ1) is 7.22. The average molecular weight is 217 g/mol. The lowest BCUT2D eigenvalue weighted by atomic mass is 10.3. The first-order valence-electron chi connectivity index (χ1n) is 5.60. The maximum Gasteiger partial charge on any atom is 0.248 e. The summed E-state index contributed by atoms with van der Waals surface area (Å²) in [6.45, 7) is 6.04. The number of nitrogens with one attached hydrogen (secondary N) is 1. The van der Waals surface area contributed by atoms with Gasteiger partial charge in [0.1, 0.15) is 6.10 Å². The van der Waals surface area contributed by atoms with Crippen LogP contribution in [0.1, 0.15) is 33.1 Å². The SMILES string of the molecule is CCCCOCCCNC(=O)C(C)OC. The highest BCUT2D eigenvalue weighted by Gasteiger charge is 2.09. The molecule has 0 aliphatic carbocycles. The molecule has 1 N–H and O–H groups in total. The number of carbonyl (C=O) groups is 1. The Hall–Kier alpha value is -0.610. The average Bonchev–Trinajstić information content (AvgIpc) is 2.26. The highest BCUT2D eigenvalue weighted by atomic mass is 16.5. The van der Waals surface area contributed by atoms with E-state index in [-0.39, 0.29) is 12.0 Å². The molecule has 0 aromatic carbocycles. The van der Waals surface area contributed by atoms with Gasteiger partial charge in [0.25, 0.3) is 0 Å². The second kappa shape index (κ2) is 9.93. The second-order valence-corrected chi connectivity index (χ2v) is 3.49. The van der Waals surface area contributed by atoms with E-state index in [1.165, 1.54) is 7.11 Å². The number of hydrogen-bond acceptors (Lipinski definition) is 3. The molecule has 0 aliphatic heterocycles. The molecular weight excluding hydrogens is 194 g/mol. The van der Waals surface area contributed by atoms with Crippen LogP contribution in [0.3, 0.4) is 0 Å². The summed E-state index contributed by atoms with van der Waals surface area (Å²) in [4.78, 5) is 11.2. The van der Waals surface area contributed by atoms with E-state index in [0.29, 0.717) is 13.2 Å². The van der Waals surface area contributed by atoms with Gasteiger partial charge in [-0.15, -0.1) is 0 Å². The number of carbonyl (C=O) groups excluding carboxylic acids is 1. The number of rotatable bonds is 9. The maximum absolute atomic E-state index is 11.2. The molecule has 0 aromatic rings. The molecule has 0 radical (unpaired) electrons. The zero-order chi connectivity index (χ0) is 11.5. The minimum atomic E-state index is -0.369. The first kappa shape index (κ1) is 14.4. The minimum absolute atomic E-state index is 0.0638. The Labute approximate surface area is 92.3 Å². The lowest BCUT2D eigenvalue weighted by Gasteiger charge is -2.10. The summed E-state index contributed by atoms with van der Waals surface area (Å²) < 4.78 is 10.2. The molecular formula is C11H23NO3. The van der Waals surface area contributed by atoms with Crippen molar-refractivity contribution < 1.29 is 14.3 Å². The molecule has 0 spiro atoms. The predicted octanol–water partition coefficient (Wildman–Crippen LogP) is 1.34. The van der Waals surface area contributed by atoms with Crippen LogP contribution >= 0.6 is 0 Å². The van der Waals surface area contributed by atoms with Gasteiger partial charge in [-0.3, -0.25) is 4.79 Å². The number of methoxy groups -OCH3 is 1. The topological polar surface area (TPSA) is 47.6 Å². The van der Waals surface area contributed by atoms with Gasteiger partial charge in [0.15, 0.2) is 0 Å². The van der Waals surface area contributed by atoms with Gasteiger partial charge in [-0.2, -0.15) is 0 Å². The van der Waals surface area contributed by atoms with Crippen molar-refractivity contribution in [2.75, 3.05) is 26.9 Å². The van der Waals surface area contributed by atoms with Crippen LogP contribution in [0.5, 0.6) is 0 Å². The van der Waals surface area contributed by atoms with Crippen LogP contribution in [0.2, 0.25) is 0 Å². The lowest BCUT2D eigenvalue weighted by Crippen LogP contribution is -2.34. The fourth-order valence-corrected chi connectivity index (χ4v) is 0.985. The Kier molecular flexibility index (Phi) is 9.52. The first-order valence-corrected chi connectivity index (χ1v) is 5.60. The summed E-state index contributed by atoms with van der Waals surface area (Å²) in [5.74, 6) is -0.0638. The van der Waals surface area contributed by atoms with E-state index in [4.69, 9.17) is 9.47 Å². The van der Waals surface area contributed by atoms with Gasteiger partial charge >= 0.3 is 0 Å². The molecule has 0 saturated carbocycles. The molecule has 0 rings (SSSR count). The molecule has 1 unspecified atom stereocenters. The summed E-state index contributed by atoms with van der Waals surface area (Å²) in [5, 5.41) is 2.78. The standard InChI is InChI=1S/C11H23NO3/c1-4-5-8-15-9-6-7-12-11(13)10(2)14-3/h10H,4-9H2,1-3H3,(H,12,13).